The summed E-state index contributed by atoms with van der Waals surface area (Å²) in [5, 5.41) is 12.6. The molecular formula is C22H28N2O4. The number of carbonyl (C=O) groups is 1. The highest BCUT2D eigenvalue weighted by Gasteiger charge is 2.25. The molecule has 6 nitrogen and oxygen atoms in total. The highest BCUT2D eigenvalue weighted by molar-refractivity contribution is 5.91. The molecule has 2 amide bonds. The van der Waals surface area contributed by atoms with Crippen molar-refractivity contribution >= 4 is 11.7 Å². The minimum atomic E-state index is -0.197. The van der Waals surface area contributed by atoms with Crippen LogP contribution in [0.4, 0.5) is 10.5 Å². The highest BCUT2D eigenvalue weighted by Crippen LogP contribution is 2.25. The van der Waals surface area contributed by atoms with Crippen molar-refractivity contribution in [2.24, 2.45) is 0 Å². The fourth-order valence-electron chi connectivity index (χ4n) is 3.35. The van der Waals surface area contributed by atoms with E-state index in [1.165, 1.54) is 0 Å². The van der Waals surface area contributed by atoms with E-state index >= 15 is 0 Å². The van der Waals surface area contributed by atoms with Crippen LogP contribution in [-0.2, 0) is 0 Å². The Morgan fingerprint density at radius 3 is 2.57 bits per heavy atom. The van der Waals surface area contributed by atoms with Crippen molar-refractivity contribution in [3.63, 3.8) is 0 Å². The van der Waals surface area contributed by atoms with Crippen LogP contribution in [0, 0.1) is 0 Å². The molecule has 0 saturated carbocycles. The molecule has 2 aromatic rings. The zero-order chi connectivity index (χ0) is 19.6. The van der Waals surface area contributed by atoms with Crippen LogP contribution in [-0.4, -0.2) is 48.4 Å². The first-order valence-corrected chi connectivity index (χ1v) is 9.86. The number of rotatable bonds is 7. The van der Waals surface area contributed by atoms with Gasteiger partial charge >= 0.3 is 6.03 Å². The van der Waals surface area contributed by atoms with E-state index in [4.69, 9.17) is 9.47 Å². The van der Waals surface area contributed by atoms with E-state index in [2.05, 4.69) is 5.32 Å². The number of aliphatic hydroxyl groups is 1. The van der Waals surface area contributed by atoms with E-state index in [0.29, 0.717) is 31.2 Å². The number of ether oxygens (including phenoxy) is 2. The number of amides is 2. The molecule has 3 rings (SSSR count). The number of likely N-dealkylation sites (tertiary alicyclic amines) is 1. The molecule has 0 aliphatic carbocycles. The lowest BCUT2D eigenvalue weighted by Gasteiger charge is -2.29. The Kier molecular flexibility index (Phi) is 7.55. The van der Waals surface area contributed by atoms with Crippen LogP contribution in [0.5, 0.6) is 11.5 Å². The molecule has 0 radical (unpaired) electrons. The average Bonchev–Trinajstić information content (AvgIpc) is 2.98. The molecule has 2 N–H and O–H groups in total. The van der Waals surface area contributed by atoms with E-state index in [-0.39, 0.29) is 18.7 Å². The van der Waals surface area contributed by atoms with E-state index in [9.17, 15) is 9.90 Å². The normalized spacial score (nSPS) is 16.9. The molecule has 150 valence electrons. The zero-order valence-electron chi connectivity index (χ0n) is 16.0. The summed E-state index contributed by atoms with van der Waals surface area (Å²) in [6.07, 6.45) is 3.91. The lowest BCUT2D eigenvalue weighted by Crippen LogP contribution is -2.44. The number of benzene rings is 2. The maximum absolute atomic E-state index is 12.8. The minimum Gasteiger partial charge on any atom is -0.490 e. The van der Waals surface area contributed by atoms with Crippen molar-refractivity contribution in [1.82, 2.24) is 4.90 Å². The maximum Gasteiger partial charge on any atom is 0.322 e. The lowest BCUT2D eigenvalue weighted by atomic mass is 10.1. The fourth-order valence-corrected chi connectivity index (χ4v) is 3.35. The van der Waals surface area contributed by atoms with Gasteiger partial charge in [-0.2, -0.15) is 0 Å². The molecule has 2 aromatic carbocycles. The third-order valence-corrected chi connectivity index (χ3v) is 4.83. The van der Waals surface area contributed by atoms with Crippen molar-refractivity contribution in [1.29, 1.82) is 0 Å². The minimum absolute atomic E-state index is 0.0115. The SMILES string of the molecule is O=C(Nc1ccccc1OCCOc1ccccc1)N1CCCCC[C@H]1CO. The Hall–Kier alpha value is -2.73. The monoisotopic (exact) mass is 384 g/mol. The Morgan fingerprint density at radius 2 is 1.75 bits per heavy atom. The van der Waals surface area contributed by atoms with E-state index in [1.54, 1.807) is 4.90 Å². The van der Waals surface area contributed by atoms with Crippen LogP contribution in [0.1, 0.15) is 25.7 Å². The van der Waals surface area contributed by atoms with Crippen LogP contribution in [0.15, 0.2) is 54.6 Å². The van der Waals surface area contributed by atoms with Crippen molar-refractivity contribution in [2.45, 2.75) is 31.7 Å². The van der Waals surface area contributed by atoms with Gasteiger partial charge in [0.05, 0.1) is 18.3 Å². The summed E-state index contributed by atoms with van der Waals surface area (Å²) in [5.74, 6) is 1.40. The molecule has 0 unspecified atom stereocenters. The van der Waals surface area contributed by atoms with Gasteiger partial charge in [-0.15, -0.1) is 0 Å². The second-order valence-corrected chi connectivity index (χ2v) is 6.82. The summed E-state index contributed by atoms with van der Waals surface area (Å²) in [4.78, 5) is 14.5. The smallest absolute Gasteiger partial charge is 0.322 e. The molecule has 0 aromatic heterocycles. The molecular weight excluding hydrogens is 356 g/mol. The molecule has 1 fully saturated rings. The van der Waals surface area contributed by atoms with Gasteiger partial charge in [0, 0.05) is 6.54 Å². The largest absolute Gasteiger partial charge is 0.490 e. The number of nitrogens with one attached hydrogen (secondary N) is 1. The Bertz CT molecular complexity index is 738. The second kappa shape index (κ2) is 10.6. The Balaban J connectivity index is 1.56. The summed E-state index contributed by atoms with van der Waals surface area (Å²) in [5.41, 5.74) is 0.619. The molecule has 1 heterocycles. The van der Waals surface area contributed by atoms with Crippen LogP contribution < -0.4 is 14.8 Å². The highest BCUT2D eigenvalue weighted by atomic mass is 16.5. The number of urea groups is 1. The van der Waals surface area contributed by atoms with E-state index in [0.717, 1.165) is 31.4 Å². The first-order chi connectivity index (χ1) is 13.8. The van der Waals surface area contributed by atoms with Crippen molar-refractivity contribution in [3.8, 4) is 11.5 Å². The average molecular weight is 384 g/mol. The molecule has 28 heavy (non-hydrogen) atoms. The summed E-state index contributed by atoms with van der Waals surface area (Å²) < 4.78 is 11.5. The number of anilines is 1. The van der Waals surface area contributed by atoms with Crippen LogP contribution >= 0.6 is 0 Å². The van der Waals surface area contributed by atoms with Crippen molar-refractivity contribution < 1.29 is 19.4 Å². The molecule has 1 saturated heterocycles. The van der Waals surface area contributed by atoms with Gasteiger partial charge in [-0.1, -0.05) is 43.2 Å². The number of carbonyl (C=O) groups excluding carboxylic acids is 1. The van der Waals surface area contributed by atoms with Crippen molar-refractivity contribution in [2.75, 3.05) is 31.7 Å². The van der Waals surface area contributed by atoms with Crippen LogP contribution in [0.25, 0.3) is 0 Å². The zero-order valence-corrected chi connectivity index (χ0v) is 16.0. The van der Waals surface area contributed by atoms with Crippen LogP contribution in [0.2, 0.25) is 0 Å². The van der Waals surface area contributed by atoms with E-state index < -0.39 is 0 Å². The van der Waals surface area contributed by atoms with Gasteiger partial charge in [0.15, 0.2) is 0 Å². The molecule has 6 heteroatoms. The fraction of sp³-hybridized carbons (Fsp3) is 0.409. The molecule has 0 bridgehead atoms. The predicted octanol–water partition coefficient (Wildman–Crippen LogP) is 3.91. The van der Waals surface area contributed by atoms with E-state index in [1.807, 2.05) is 54.6 Å². The molecule has 0 spiro atoms. The molecule has 1 atom stereocenters. The van der Waals surface area contributed by atoms with Crippen LogP contribution in [0.3, 0.4) is 0 Å². The van der Waals surface area contributed by atoms with Gasteiger partial charge in [-0.3, -0.25) is 0 Å². The van der Waals surface area contributed by atoms with Gasteiger partial charge < -0.3 is 24.8 Å². The first kappa shape index (κ1) is 20.0. The summed E-state index contributed by atoms with van der Waals surface area (Å²) in [6, 6.07) is 16.6. The standard InChI is InChI=1S/C22H28N2O4/c25-17-18-9-3-2-8-14-24(18)22(26)23-20-12-6-7-13-21(20)28-16-15-27-19-10-4-1-5-11-19/h1,4-7,10-13,18,25H,2-3,8-9,14-17H2,(H,23,26)/t18-/m0/s1. The third kappa shape index (κ3) is 5.63. The quantitative estimate of drug-likeness (QED) is 0.710. The van der Waals surface area contributed by atoms with Crippen molar-refractivity contribution in [3.05, 3.63) is 54.6 Å². The predicted molar refractivity (Wildman–Crippen MR) is 109 cm³/mol. The number of para-hydroxylation sites is 3. The summed E-state index contributed by atoms with van der Waals surface area (Å²) in [6.45, 7) is 1.42. The number of aliphatic hydroxyl groups excluding tert-OH is 1. The Labute approximate surface area is 166 Å². The lowest BCUT2D eigenvalue weighted by molar-refractivity contribution is 0.142. The Morgan fingerprint density at radius 1 is 1.00 bits per heavy atom. The third-order valence-electron chi connectivity index (χ3n) is 4.83. The maximum atomic E-state index is 12.8. The summed E-state index contributed by atoms with van der Waals surface area (Å²) >= 11 is 0. The van der Waals surface area contributed by atoms with Gasteiger partial charge in [-0.25, -0.2) is 4.79 Å². The number of nitrogens with zero attached hydrogens (tertiary/aromatic N) is 1. The molecule has 1 aliphatic rings. The van der Waals surface area contributed by atoms with Gasteiger partial charge in [0.2, 0.25) is 0 Å². The molecule has 1 aliphatic heterocycles. The van der Waals surface area contributed by atoms with Gasteiger partial charge in [0.1, 0.15) is 24.7 Å². The summed E-state index contributed by atoms with van der Waals surface area (Å²) in [7, 11) is 0. The van der Waals surface area contributed by atoms with Gasteiger partial charge in [0.25, 0.3) is 0 Å². The first-order valence-electron chi connectivity index (χ1n) is 9.86. The van der Waals surface area contributed by atoms with Gasteiger partial charge in [-0.05, 0) is 37.1 Å². The number of hydrogen-bond donors (Lipinski definition) is 2. The second-order valence-electron chi connectivity index (χ2n) is 6.82. The topological polar surface area (TPSA) is 71.0 Å². The number of hydrogen-bond acceptors (Lipinski definition) is 4.